The minimum atomic E-state index is 0.120. The molecule has 1 aliphatic rings. The van der Waals surface area contributed by atoms with Crippen molar-refractivity contribution in [2.45, 2.75) is 12.8 Å². The summed E-state index contributed by atoms with van der Waals surface area (Å²) in [5.41, 5.74) is 2.55. The Morgan fingerprint density at radius 1 is 1.10 bits per heavy atom. The van der Waals surface area contributed by atoms with E-state index in [0.717, 1.165) is 23.3 Å². The van der Waals surface area contributed by atoms with E-state index >= 15 is 0 Å². The number of aldehydes is 1. The largest absolute Gasteiger partial charge is 0.457 e. The number of rotatable bonds is 3. The number of benzene rings is 2. The Balaban J connectivity index is 1.92. The number of amides is 1. The molecule has 106 valence electrons. The van der Waals surface area contributed by atoms with Crippen LogP contribution in [0.5, 0.6) is 11.5 Å². The molecule has 1 amide bonds. The van der Waals surface area contributed by atoms with Gasteiger partial charge in [-0.2, -0.15) is 0 Å². The molecule has 2 aromatic rings. The Hall–Kier alpha value is -2.62. The third-order valence-corrected chi connectivity index (χ3v) is 3.68. The molecule has 0 aliphatic carbocycles. The van der Waals surface area contributed by atoms with Gasteiger partial charge in [-0.25, -0.2) is 0 Å². The minimum absolute atomic E-state index is 0.120. The van der Waals surface area contributed by atoms with Gasteiger partial charge >= 0.3 is 0 Å². The molecule has 21 heavy (non-hydrogen) atoms. The lowest BCUT2D eigenvalue weighted by Crippen LogP contribution is -2.31. The van der Waals surface area contributed by atoms with E-state index in [1.807, 2.05) is 18.2 Å². The Morgan fingerprint density at radius 3 is 2.57 bits per heavy atom. The standard InChI is InChI=1S/C17H15NO3/c1-18-15-3-2-4-16(14(15)9-10-17(18)20)21-13-7-5-12(11-19)6-8-13/h2-8,11H,9-10H2,1H3. The van der Waals surface area contributed by atoms with Gasteiger partial charge in [-0.15, -0.1) is 0 Å². The van der Waals surface area contributed by atoms with Gasteiger partial charge in [0.05, 0.1) is 5.69 Å². The highest BCUT2D eigenvalue weighted by Crippen LogP contribution is 2.36. The molecule has 0 saturated carbocycles. The first-order valence-electron chi connectivity index (χ1n) is 6.80. The van der Waals surface area contributed by atoms with E-state index in [-0.39, 0.29) is 5.91 Å². The highest BCUT2D eigenvalue weighted by Gasteiger charge is 2.23. The molecule has 0 radical (unpaired) electrons. The maximum Gasteiger partial charge on any atom is 0.227 e. The summed E-state index contributed by atoms with van der Waals surface area (Å²) < 4.78 is 5.91. The maximum absolute atomic E-state index is 11.7. The fraction of sp³-hybridized carbons (Fsp3) is 0.176. The number of fused-ring (bicyclic) bond motifs is 1. The number of ether oxygens (including phenoxy) is 1. The van der Waals surface area contributed by atoms with Crippen molar-refractivity contribution in [2.24, 2.45) is 0 Å². The minimum Gasteiger partial charge on any atom is -0.457 e. The van der Waals surface area contributed by atoms with E-state index in [2.05, 4.69) is 0 Å². The third-order valence-electron chi connectivity index (χ3n) is 3.68. The van der Waals surface area contributed by atoms with Crippen LogP contribution in [0.1, 0.15) is 22.3 Å². The maximum atomic E-state index is 11.7. The van der Waals surface area contributed by atoms with Crippen LogP contribution in [0, 0.1) is 0 Å². The summed E-state index contributed by atoms with van der Waals surface area (Å²) in [6.45, 7) is 0. The van der Waals surface area contributed by atoms with E-state index in [1.54, 1.807) is 36.2 Å². The van der Waals surface area contributed by atoms with Crippen molar-refractivity contribution in [2.75, 3.05) is 11.9 Å². The van der Waals surface area contributed by atoms with Crippen molar-refractivity contribution < 1.29 is 14.3 Å². The summed E-state index contributed by atoms with van der Waals surface area (Å²) in [5.74, 6) is 1.55. The lowest BCUT2D eigenvalue weighted by molar-refractivity contribution is -0.118. The zero-order chi connectivity index (χ0) is 14.8. The highest BCUT2D eigenvalue weighted by molar-refractivity contribution is 5.96. The predicted octanol–water partition coefficient (Wildman–Crippen LogP) is 3.20. The number of nitrogens with zero attached hydrogens (tertiary/aromatic N) is 1. The molecule has 0 unspecified atom stereocenters. The van der Waals surface area contributed by atoms with Crippen LogP contribution in [0.2, 0.25) is 0 Å². The van der Waals surface area contributed by atoms with Gasteiger partial charge in [0.25, 0.3) is 0 Å². The van der Waals surface area contributed by atoms with E-state index in [4.69, 9.17) is 4.74 Å². The van der Waals surface area contributed by atoms with Crippen LogP contribution in [0.3, 0.4) is 0 Å². The molecule has 0 fully saturated rings. The first kappa shape index (κ1) is 13.4. The van der Waals surface area contributed by atoms with E-state index in [9.17, 15) is 9.59 Å². The van der Waals surface area contributed by atoms with Gasteiger partial charge in [0.1, 0.15) is 17.8 Å². The molecule has 4 nitrogen and oxygen atoms in total. The second-order valence-electron chi connectivity index (χ2n) is 5.00. The lowest BCUT2D eigenvalue weighted by Gasteiger charge is -2.27. The number of anilines is 1. The Morgan fingerprint density at radius 2 is 1.86 bits per heavy atom. The summed E-state index contributed by atoms with van der Waals surface area (Å²) in [4.78, 5) is 24.1. The lowest BCUT2D eigenvalue weighted by atomic mass is 10.0. The molecule has 0 aromatic heterocycles. The van der Waals surface area contributed by atoms with Gasteiger partial charge in [0.2, 0.25) is 5.91 Å². The summed E-state index contributed by atoms with van der Waals surface area (Å²) >= 11 is 0. The first-order chi connectivity index (χ1) is 10.2. The summed E-state index contributed by atoms with van der Waals surface area (Å²) in [7, 11) is 1.78. The van der Waals surface area contributed by atoms with Gasteiger partial charge < -0.3 is 9.64 Å². The van der Waals surface area contributed by atoms with Crippen LogP contribution in [0.4, 0.5) is 5.69 Å². The highest BCUT2D eigenvalue weighted by atomic mass is 16.5. The van der Waals surface area contributed by atoms with Crippen LogP contribution < -0.4 is 9.64 Å². The first-order valence-corrected chi connectivity index (χ1v) is 6.80. The molecule has 0 spiro atoms. The number of hydrogen-bond acceptors (Lipinski definition) is 3. The molecule has 1 aliphatic heterocycles. The molecule has 0 saturated heterocycles. The Labute approximate surface area is 123 Å². The van der Waals surface area contributed by atoms with Crippen LogP contribution in [-0.4, -0.2) is 19.2 Å². The van der Waals surface area contributed by atoms with Crippen molar-refractivity contribution in [1.29, 1.82) is 0 Å². The van der Waals surface area contributed by atoms with Crippen molar-refractivity contribution >= 4 is 17.9 Å². The van der Waals surface area contributed by atoms with Crippen molar-refractivity contribution in [1.82, 2.24) is 0 Å². The molecule has 1 heterocycles. The summed E-state index contributed by atoms with van der Waals surface area (Å²) in [6, 6.07) is 12.7. The third kappa shape index (κ3) is 2.52. The van der Waals surface area contributed by atoms with Crippen LogP contribution in [0.15, 0.2) is 42.5 Å². The van der Waals surface area contributed by atoms with Crippen molar-refractivity contribution in [3.05, 3.63) is 53.6 Å². The second-order valence-corrected chi connectivity index (χ2v) is 5.00. The Bertz CT molecular complexity index is 692. The molecule has 4 heteroatoms. The monoisotopic (exact) mass is 281 g/mol. The number of carbonyl (C=O) groups excluding carboxylic acids is 2. The van der Waals surface area contributed by atoms with Crippen molar-refractivity contribution in [3.8, 4) is 11.5 Å². The van der Waals surface area contributed by atoms with E-state index in [0.29, 0.717) is 24.2 Å². The second kappa shape index (κ2) is 5.40. The average molecular weight is 281 g/mol. The predicted molar refractivity (Wildman–Crippen MR) is 80.1 cm³/mol. The quantitative estimate of drug-likeness (QED) is 0.812. The average Bonchev–Trinajstić information content (AvgIpc) is 2.52. The Kier molecular flexibility index (Phi) is 3.44. The molecule has 2 aromatic carbocycles. The topological polar surface area (TPSA) is 46.6 Å². The van der Waals surface area contributed by atoms with Crippen LogP contribution >= 0.6 is 0 Å². The molecule has 0 atom stereocenters. The fourth-order valence-electron chi connectivity index (χ4n) is 2.49. The smallest absolute Gasteiger partial charge is 0.227 e. The van der Waals surface area contributed by atoms with Gasteiger partial charge in [-0.1, -0.05) is 6.07 Å². The molecular formula is C17H15NO3. The van der Waals surface area contributed by atoms with Gasteiger partial charge in [-0.3, -0.25) is 9.59 Å². The molecule has 3 rings (SSSR count). The zero-order valence-electron chi connectivity index (χ0n) is 11.7. The molecular weight excluding hydrogens is 266 g/mol. The van der Waals surface area contributed by atoms with Crippen molar-refractivity contribution in [3.63, 3.8) is 0 Å². The number of hydrogen-bond donors (Lipinski definition) is 0. The summed E-state index contributed by atoms with van der Waals surface area (Å²) in [5, 5.41) is 0. The summed E-state index contributed by atoms with van der Waals surface area (Å²) in [6.07, 6.45) is 1.98. The number of carbonyl (C=O) groups is 2. The normalized spacial score (nSPS) is 13.8. The van der Waals surface area contributed by atoms with Crippen LogP contribution in [-0.2, 0) is 11.2 Å². The SMILES string of the molecule is CN1C(=O)CCc2c(Oc3ccc(C=O)cc3)cccc21. The molecule has 0 N–H and O–H groups in total. The van der Waals surface area contributed by atoms with Gasteiger partial charge in [0.15, 0.2) is 0 Å². The van der Waals surface area contributed by atoms with E-state index < -0.39 is 0 Å². The van der Waals surface area contributed by atoms with Gasteiger partial charge in [-0.05, 0) is 42.8 Å². The zero-order valence-corrected chi connectivity index (χ0v) is 11.7. The van der Waals surface area contributed by atoms with E-state index in [1.165, 1.54) is 0 Å². The van der Waals surface area contributed by atoms with Crippen LogP contribution in [0.25, 0.3) is 0 Å². The molecule has 0 bridgehead atoms. The fourth-order valence-corrected chi connectivity index (χ4v) is 2.49. The van der Waals surface area contributed by atoms with Gasteiger partial charge in [0, 0.05) is 24.6 Å².